The van der Waals surface area contributed by atoms with Crippen LogP contribution in [0.25, 0.3) is 10.6 Å². The molecule has 0 spiro atoms. The smallest absolute Gasteiger partial charge is 0.255 e. The molecule has 0 unspecified atom stereocenters. The van der Waals surface area contributed by atoms with Crippen LogP contribution in [0, 0.1) is 0 Å². The number of carbonyl (C=O) groups excluding carboxylic acids is 1. The summed E-state index contributed by atoms with van der Waals surface area (Å²) in [6.45, 7) is 1.06. The van der Waals surface area contributed by atoms with E-state index >= 15 is 0 Å². The van der Waals surface area contributed by atoms with E-state index < -0.39 is 0 Å². The summed E-state index contributed by atoms with van der Waals surface area (Å²) < 4.78 is 12.2. The third-order valence-electron chi connectivity index (χ3n) is 3.69. The van der Waals surface area contributed by atoms with Gasteiger partial charge in [-0.3, -0.25) is 9.48 Å². The van der Waals surface area contributed by atoms with Crippen LogP contribution in [-0.2, 0) is 6.54 Å². The predicted molar refractivity (Wildman–Crippen MR) is 97.4 cm³/mol. The minimum absolute atomic E-state index is 0.190. The second-order valence-electron chi connectivity index (χ2n) is 5.26. The molecule has 2 aromatic heterocycles. The average Bonchev–Trinajstić information content (AvgIpc) is 3.32. The molecular formula is C18H19N3O3S. The van der Waals surface area contributed by atoms with Crippen LogP contribution in [0.5, 0.6) is 11.5 Å². The molecule has 6 nitrogen and oxygen atoms in total. The van der Waals surface area contributed by atoms with Gasteiger partial charge in [-0.1, -0.05) is 6.07 Å². The molecular weight excluding hydrogens is 338 g/mol. The van der Waals surface area contributed by atoms with Crippen LogP contribution in [0.2, 0.25) is 0 Å². The zero-order valence-corrected chi connectivity index (χ0v) is 14.9. The Balaban J connectivity index is 1.58. The lowest BCUT2D eigenvalue weighted by Gasteiger charge is -2.11. The molecule has 0 bridgehead atoms. The molecule has 25 heavy (non-hydrogen) atoms. The number of nitrogens with zero attached hydrogens (tertiary/aromatic N) is 2. The second kappa shape index (κ2) is 7.85. The van der Waals surface area contributed by atoms with Gasteiger partial charge >= 0.3 is 0 Å². The van der Waals surface area contributed by atoms with Crippen molar-refractivity contribution in [3.63, 3.8) is 0 Å². The quantitative estimate of drug-likeness (QED) is 0.706. The Morgan fingerprint density at radius 2 is 2.12 bits per heavy atom. The van der Waals surface area contributed by atoms with Gasteiger partial charge in [0, 0.05) is 18.8 Å². The van der Waals surface area contributed by atoms with Crippen LogP contribution in [-0.4, -0.2) is 36.5 Å². The maximum Gasteiger partial charge on any atom is 0.255 e. The highest BCUT2D eigenvalue weighted by Gasteiger charge is 2.13. The molecule has 0 atom stereocenters. The molecule has 0 saturated carbocycles. The molecule has 2 heterocycles. The monoisotopic (exact) mass is 357 g/mol. The lowest BCUT2D eigenvalue weighted by atomic mass is 10.1. The molecule has 1 N–H and O–H groups in total. The summed E-state index contributed by atoms with van der Waals surface area (Å²) in [7, 11) is 3.10. The van der Waals surface area contributed by atoms with E-state index in [0.717, 1.165) is 10.6 Å². The fourth-order valence-electron chi connectivity index (χ4n) is 2.41. The maximum absolute atomic E-state index is 12.3. The van der Waals surface area contributed by atoms with Crippen molar-refractivity contribution in [1.29, 1.82) is 0 Å². The molecule has 1 amide bonds. The number of thiophene rings is 1. The van der Waals surface area contributed by atoms with Gasteiger partial charge in [-0.25, -0.2) is 0 Å². The lowest BCUT2D eigenvalue weighted by Crippen LogP contribution is -2.27. The van der Waals surface area contributed by atoms with Gasteiger partial charge < -0.3 is 14.8 Å². The summed E-state index contributed by atoms with van der Waals surface area (Å²) in [4.78, 5) is 13.5. The highest BCUT2D eigenvalue weighted by molar-refractivity contribution is 7.13. The molecule has 0 radical (unpaired) electrons. The first kappa shape index (κ1) is 17.0. The Morgan fingerprint density at radius 1 is 1.24 bits per heavy atom. The van der Waals surface area contributed by atoms with Gasteiger partial charge in [0.15, 0.2) is 0 Å². The Kier molecular flexibility index (Phi) is 5.35. The number of nitrogens with one attached hydrogen (secondary N) is 1. The molecule has 0 aliphatic rings. The number of ether oxygens (including phenoxy) is 2. The molecule has 3 aromatic rings. The van der Waals surface area contributed by atoms with Crippen molar-refractivity contribution < 1.29 is 14.3 Å². The van der Waals surface area contributed by atoms with E-state index in [1.54, 1.807) is 36.6 Å². The van der Waals surface area contributed by atoms with E-state index in [4.69, 9.17) is 9.47 Å². The fourth-order valence-corrected chi connectivity index (χ4v) is 3.10. The first-order valence-electron chi connectivity index (χ1n) is 7.79. The van der Waals surface area contributed by atoms with Crippen LogP contribution >= 0.6 is 11.3 Å². The van der Waals surface area contributed by atoms with Crippen LogP contribution < -0.4 is 14.8 Å². The minimum Gasteiger partial charge on any atom is -0.497 e. The van der Waals surface area contributed by atoms with Crippen molar-refractivity contribution in [2.45, 2.75) is 6.54 Å². The summed E-state index contributed by atoms with van der Waals surface area (Å²) in [6.07, 6.45) is 1.91. The van der Waals surface area contributed by atoms with Gasteiger partial charge in [0.05, 0.1) is 31.2 Å². The molecule has 0 aliphatic heterocycles. The van der Waals surface area contributed by atoms with Crippen molar-refractivity contribution in [2.24, 2.45) is 0 Å². The Hall–Kier alpha value is -2.80. The number of carbonyl (C=O) groups is 1. The second-order valence-corrected chi connectivity index (χ2v) is 6.21. The van der Waals surface area contributed by atoms with E-state index in [1.165, 1.54) is 7.11 Å². The van der Waals surface area contributed by atoms with Crippen molar-refractivity contribution in [1.82, 2.24) is 15.1 Å². The number of methoxy groups -OCH3 is 2. The largest absolute Gasteiger partial charge is 0.497 e. The van der Waals surface area contributed by atoms with Crippen molar-refractivity contribution in [3.05, 3.63) is 53.5 Å². The molecule has 1 aromatic carbocycles. The third-order valence-corrected chi connectivity index (χ3v) is 4.59. The fraction of sp³-hybridized carbons (Fsp3) is 0.222. The van der Waals surface area contributed by atoms with Gasteiger partial charge in [-0.2, -0.15) is 5.10 Å². The van der Waals surface area contributed by atoms with Crippen molar-refractivity contribution >= 4 is 17.2 Å². The third kappa shape index (κ3) is 4.00. The summed E-state index contributed by atoms with van der Waals surface area (Å²) in [5.74, 6) is 0.937. The molecule has 130 valence electrons. The topological polar surface area (TPSA) is 65.4 Å². The number of benzene rings is 1. The van der Waals surface area contributed by atoms with Gasteiger partial charge in [0.2, 0.25) is 0 Å². The van der Waals surface area contributed by atoms with Gasteiger partial charge in [-0.05, 0) is 29.6 Å². The van der Waals surface area contributed by atoms with E-state index in [9.17, 15) is 4.79 Å². The normalized spacial score (nSPS) is 10.5. The summed E-state index contributed by atoms with van der Waals surface area (Å²) in [5.41, 5.74) is 1.42. The SMILES string of the molecule is COc1ccc(C(=O)NCCn2ccc(-c3cccs3)n2)c(OC)c1. The first-order chi connectivity index (χ1) is 12.2. The predicted octanol–water partition coefficient (Wildman–Crippen LogP) is 3.06. The van der Waals surface area contributed by atoms with E-state index in [-0.39, 0.29) is 5.91 Å². The highest BCUT2D eigenvalue weighted by atomic mass is 32.1. The Bertz CT molecular complexity index is 843. The lowest BCUT2D eigenvalue weighted by molar-refractivity contribution is 0.0949. The number of hydrogen-bond donors (Lipinski definition) is 1. The average molecular weight is 357 g/mol. The van der Waals surface area contributed by atoms with Crippen LogP contribution in [0.4, 0.5) is 0 Å². The molecule has 7 heteroatoms. The number of rotatable bonds is 7. The Morgan fingerprint density at radius 3 is 2.84 bits per heavy atom. The highest BCUT2D eigenvalue weighted by Crippen LogP contribution is 2.24. The number of hydrogen-bond acceptors (Lipinski definition) is 5. The minimum atomic E-state index is -0.190. The Labute approximate surface area is 150 Å². The molecule has 0 saturated heterocycles. The molecule has 0 fully saturated rings. The van der Waals surface area contributed by atoms with Gasteiger partial charge in [-0.15, -0.1) is 11.3 Å². The number of aromatic nitrogens is 2. The summed E-state index contributed by atoms with van der Waals surface area (Å²) >= 11 is 1.65. The van der Waals surface area contributed by atoms with Crippen LogP contribution in [0.15, 0.2) is 48.0 Å². The van der Waals surface area contributed by atoms with Gasteiger partial charge in [0.1, 0.15) is 17.2 Å². The standard InChI is InChI=1S/C18H19N3O3S/c1-23-13-5-6-14(16(12-13)24-2)18(22)19-8-10-21-9-7-15(20-21)17-4-3-11-25-17/h3-7,9,11-12H,8,10H2,1-2H3,(H,19,22). The van der Waals surface area contributed by atoms with Crippen molar-refractivity contribution in [3.8, 4) is 22.1 Å². The van der Waals surface area contributed by atoms with Gasteiger partial charge in [0.25, 0.3) is 5.91 Å². The molecule has 3 rings (SSSR count). The molecule has 0 aliphatic carbocycles. The zero-order valence-electron chi connectivity index (χ0n) is 14.1. The summed E-state index contributed by atoms with van der Waals surface area (Å²) in [5, 5.41) is 9.42. The first-order valence-corrected chi connectivity index (χ1v) is 8.67. The van der Waals surface area contributed by atoms with Crippen molar-refractivity contribution in [2.75, 3.05) is 20.8 Å². The van der Waals surface area contributed by atoms with E-state index in [1.807, 2.05) is 34.5 Å². The number of amides is 1. The van der Waals surface area contributed by atoms with Crippen LogP contribution in [0.3, 0.4) is 0 Å². The van der Waals surface area contributed by atoms with Crippen LogP contribution in [0.1, 0.15) is 10.4 Å². The van der Waals surface area contributed by atoms with E-state index in [0.29, 0.717) is 30.2 Å². The maximum atomic E-state index is 12.3. The summed E-state index contributed by atoms with van der Waals surface area (Å²) in [6, 6.07) is 11.1. The van der Waals surface area contributed by atoms with E-state index in [2.05, 4.69) is 10.4 Å². The zero-order chi connectivity index (χ0) is 17.6.